The summed E-state index contributed by atoms with van der Waals surface area (Å²) in [5, 5.41) is 0. The van der Waals surface area contributed by atoms with E-state index in [1.54, 1.807) is 11.3 Å². The molecule has 102 valence electrons. The van der Waals surface area contributed by atoms with Gasteiger partial charge in [0.2, 0.25) is 0 Å². The van der Waals surface area contributed by atoms with Crippen LogP contribution >= 0.6 is 11.3 Å². The van der Waals surface area contributed by atoms with Crippen molar-refractivity contribution in [1.29, 1.82) is 0 Å². The Morgan fingerprint density at radius 2 is 2.11 bits per heavy atom. The largest absolute Gasteiger partial charge is 0.443 e. The number of thiophene rings is 1. The van der Waals surface area contributed by atoms with Gasteiger partial charge in [-0.15, -0.1) is 11.3 Å². The van der Waals surface area contributed by atoms with E-state index in [1.807, 2.05) is 27.7 Å². The van der Waals surface area contributed by atoms with Gasteiger partial charge in [-0.05, 0) is 46.2 Å². The zero-order chi connectivity index (χ0) is 13.8. The van der Waals surface area contributed by atoms with E-state index in [2.05, 4.69) is 29.9 Å². The highest BCUT2D eigenvalue weighted by Crippen LogP contribution is 2.22. The molecule has 0 saturated carbocycles. The monoisotopic (exact) mass is 270 g/mol. The molecule has 0 aliphatic carbocycles. The smallest absolute Gasteiger partial charge is 0.422 e. The summed E-state index contributed by atoms with van der Waals surface area (Å²) in [6.45, 7) is 9.64. The summed E-state index contributed by atoms with van der Waals surface area (Å²) in [5.74, 6) is 0. The van der Waals surface area contributed by atoms with Crippen molar-refractivity contribution in [3.05, 3.63) is 21.9 Å². The van der Waals surface area contributed by atoms with Gasteiger partial charge in [-0.2, -0.15) is 0 Å². The number of rotatable bonds is 4. The number of hydrogen-bond donors (Lipinski definition) is 2. The van der Waals surface area contributed by atoms with E-state index in [0.29, 0.717) is 0 Å². The van der Waals surface area contributed by atoms with E-state index >= 15 is 0 Å². The van der Waals surface area contributed by atoms with E-state index in [9.17, 15) is 4.79 Å². The fourth-order valence-electron chi connectivity index (χ4n) is 1.36. The first-order valence-corrected chi connectivity index (χ1v) is 6.96. The lowest BCUT2D eigenvalue weighted by Crippen LogP contribution is -2.42. The van der Waals surface area contributed by atoms with Crippen LogP contribution in [-0.2, 0) is 11.2 Å². The molecule has 0 bridgehead atoms. The number of carbonyl (C=O) groups is 1. The quantitative estimate of drug-likeness (QED) is 0.824. The maximum atomic E-state index is 11.5. The predicted molar refractivity (Wildman–Crippen MR) is 74.6 cm³/mol. The van der Waals surface area contributed by atoms with Gasteiger partial charge in [0.05, 0.1) is 6.04 Å². The lowest BCUT2D eigenvalue weighted by atomic mass is 10.2. The van der Waals surface area contributed by atoms with E-state index < -0.39 is 11.7 Å². The van der Waals surface area contributed by atoms with Crippen LogP contribution in [0, 0.1) is 0 Å². The van der Waals surface area contributed by atoms with E-state index in [1.165, 1.54) is 9.75 Å². The molecule has 1 amide bonds. The normalized spacial score (nSPS) is 13.2. The highest BCUT2D eigenvalue weighted by Gasteiger charge is 2.16. The molecule has 1 heterocycles. The van der Waals surface area contributed by atoms with Crippen molar-refractivity contribution >= 4 is 17.4 Å². The van der Waals surface area contributed by atoms with Crippen LogP contribution < -0.4 is 10.9 Å². The lowest BCUT2D eigenvalue weighted by molar-refractivity contribution is 0.0490. The number of ether oxygens (including phenoxy) is 1. The van der Waals surface area contributed by atoms with Crippen molar-refractivity contribution in [1.82, 2.24) is 10.9 Å². The Kier molecular flexibility index (Phi) is 5.16. The molecule has 18 heavy (non-hydrogen) atoms. The zero-order valence-electron chi connectivity index (χ0n) is 11.7. The first kappa shape index (κ1) is 15.0. The van der Waals surface area contributed by atoms with Crippen molar-refractivity contribution in [2.75, 3.05) is 0 Å². The summed E-state index contributed by atoms with van der Waals surface area (Å²) in [6, 6.07) is 4.27. The van der Waals surface area contributed by atoms with Crippen molar-refractivity contribution < 1.29 is 9.53 Å². The van der Waals surface area contributed by atoms with Gasteiger partial charge in [-0.1, -0.05) is 6.92 Å². The third-order valence-corrected chi connectivity index (χ3v) is 3.66. The van der Waals surface area contributed by atoms with Crippen LogP contribution in [0.4, 0.5) is 4.79 Å². The number of nitrogens with one attached hydrogen (secondary N) is 2. The average molecular weight is 270 g/mol. The third kappa shape index (κ3) is 5.06. The number of carbonyl (C=O) groups excluding carboxylic acids is 1. The number of hydrazine groups is 1. The Bertz CT molecular complexity index is 396. The summed E-state index contributed by atoms with van der Waals surface area (Å²) in [4.78, 5) is 14.0. The average Bonchev–Trinajstić information content (AvgIpc) is 2.72. The number of aryl methyl sites for hydroxylation is 1. The van der Waals surface area contributed by atoms with Gasteiger partial charge in [0.15, 0.2) is 0 Å². The summed E-state index contributed by atoms with van der Waals surface area (Å²) < 4.78 is 5.14. The van der Waals surface area contributed by atoms with Gasteiger partial charge in [-0.25, -0.2) is 10.2 Å². The van der Waals surface area contributed by atoms with Gasteiger partial charge in [0.25, 0.3) is 0 Å². The van der Waals surface area contributed by atoms with Crippen LogP contribution in [0.2, 0.25) is 0 Å². The Labute approximate surface area is 113 Å². The predicted octanol–water partition coefficient (Wildman–Crippen LogP) is 3.40. The van der Waals surface area contributed by atoms with Gasteiger partial charge >= 0.3 is 6.09 Å². The molecule has 0 spiro atoms. The lowest BCUT2D eigenvalue weighted by Gasteiger charge is -2.21. The molecular formula is C13H22N2O2S. The summed E-state index contributed by atoms with van der Waals surface area (Å²) in [5.41, 5.74) is 5.03. The molecule has 0 fully saturated rings. The van der Waals surface area contributed by atoms with Gasteiger partial charge in [0.1, 0.15) is 5.60 Å². The van der Waals surface area contributed by atoms with Crippen LogP contribution in [0.25, 0.3) is 0 Å². The van der Waals surface area contributed by atoms with Crippen molar-refractivity contribution in [3.8, 4) is 0 Å². The van der Waals surface area contributed by atoms with Gasteiger partial charge in [0, 0.05) is 9.75 Å². The van der Waals surface area contributed by atoms with E-state index in [4.69, 9.17) is 4.74 Å². The Balaban J connectivity index is 2.41. The second-order valence-corrected chi connectivity index (χ2v) is 6.35. The van der Waals surface area contributed by atoms with Crippen LogP contribution in [-0.4, -0.2) is 11.7 Å². The number of amides is 1. The van der Waals surface area contributed by atoms with Crippen molar-refractivity contribution in [2.45, 2.75) is 52.7 Å². The molecule has 0 aliphatic rings. The van der Waals surface area contributed by atoms with E-state index in [0.717, 1.165) is 6.42 Å². The zero-order valence-corrected chi connectivity index (χ0v) is 12.5. The van der Waals surface area contributed by atoms with E-state index in [-0.39, 0.29) is 6.04 Å². The van der Waals surface area contributed by atoms with Crippen LogP contribution in [0.15, 0.2) is 12.1 Å². The first-order valence-electron chi connectivity index (χ1n) is 6.15. The highest BCUT2D eigenvalue weighted by atomic mass is 32.1. The molecule has 1 rings (SSSR count). The fourth-order valence-corrected chi connectivity index (χ4v) is 2.31. The molecule has 1 aromatic rings. The molecule has 0 aromatic carbocycles. The molecule has 0 saturated heterocycles. The van der Waals surface area contributed by atoms with Gasteiger partial charge < -0.3 is 4.74 Å². The molecule has 2 N–H and O–H groups in total. The minimum absolute atomic E-state index is 0.0721. The van der Waals surface area contributed by atoms with Crippen LogP contribution in [0.3, 0.4) is 0 Å². The van der Waals surface area contributed by atoms with Crippen molar-refractivity contribution in [2.24, 2.45) is 0 Å². The minimum atomic E-state index is -0.479. The Hall–Kier alpha value is -1.07. The third-order valence-electron chi connectivity index (χ3n) is 2.25. The first-order chi connectivity index (χ1) is 8.31. The standard InChI is InChI=1S/C13H22N2O2S/c1-6-10-7-8-11(18-10)9(2)14-15-12(16)17-13(3,4)5/h7-9,14H,6H2,1-5H3,(H,15,16). The van der Waals surface area contributed by atoms with Crippen molar-refractivity contribution in [3.63, 3.8) is 0 Å². The number of hydrogen-bond acceptors (Lipinski definition) is 4. The maximum Gasteiger partial charge on any atom is 0.422 e. The van der Waals surface area contributed by atoms with Crippen LogP contribution in [0.1, 0.15) is 50.4 Å². The molecule has 1 aromatic heterocycles. The fraction of sp³-hybridized carbons (Fsp3) is 0.615. The molecule has 1 atom stereocenters. The van der Waals surface area contributed by atoms with Crippen LogP contribution in [0.5, 0.6) is 0 Å². The maximum absolute atomic E-state index is 11.5. The Morgan fingerprint density at radius 1 is 1.44 bits per heavy atom. The summed E-state index contributed by atoms with van der Waals surface area (Å²) in [7, 11) is 0. The molecule has 0 radical (unpaired) electrons. The molecule has 5 heteroatoms. The topological polar surface area (TPSA) is 50.4 Å². The Morgan fingerprint density at radius 3 is 2.61 bits per heavy atom. The SMILES string of the molecule is CCc1ccc(C(C)NNC(=O)OC(C)(C)C)s1. The molecular weight excluding hydrogens is 248 g/mol. The summed E-state index contributed by atoms with van der Waals surface area (Å²) in [6.07, 6.45) is 0.582. The molecule has 0 aliphatic heterocycles. The summed E-state index contributed by atoms with van der Waals surface area (Å²) >= 11 is 1.75. The second-order valence-electron chi connectivity index (χ2n) is 5.15. The highest BCUT2D eigenvalue weighted by molar-refractivity contribution is 7.12. The van der Waals surface area contributed by atoms with Gasteiger partial charge in [-0.3, -0.25) is 5.43 Å². The second kappa shape index (κ2) is 6.20. The minimum Gasteiger partial charge on any atom is -0.443 e. The molecule has 4 nitrogen and oxygen atoms in total. The molecule has 1 unspecified atom stereocenters.